The number of methoxy groups -OCH3 is 1. The molecule has 2 aromatic carbocycles. The SMILES string of the molecule is COc1cc(Br)ccc1C(=O)NCc1cc(Br)ccc1F. The highest BCUT2D eigenvalue weighted by molar-refractivity contribution is 9.10. The highest BCUT2D eigenvalue weighted by atomic mass is 79.9. The number of carbonyl (C=O) groups is 1. The molecule has 0 radical (unpaired) electrons. The molecule has 0 saturated heterocycles. The smallest absolute Gasteiger partial charge is 0.255 e. The van der Waals surface area contributed by atoms with Gasteiger partial charge in [0.25, 0.3) is 5.91 Å². The van der Waals surface area contributed by atoms with Crippen LogP contribution in [-0.4, -0.2) is 13.0 Å². The molecule has 2 rings (SSSR count). The van der Waals surface area contributed by atoms with Gasteiger partial charge in [-0.05, 0) is 36.4 Å². The summed E-state index contributed by atoms with van der Waals surface area (Å²) in [5.41, 5.74) is 0.810. The quantitative estimate of drug-likeness (QED) is 0.807. The van der Waals surface area contributed by atoms with Gasteiger partial charge in [0.1, 0.15) is 11.6 Å². The van der Waals surface area contributed by atoms with Crippen LogP contribution in [0.1, 0.15) is 15.9 Å². The number of ether oxygens (including phenoxy) is 1. The van der Waals surface area contributed by atoms with Crippen molar-refractivity contribution in [3.8, 4) is 5.75 Å². The lowest BCUT2D eigenvalue weighted by molar-refractivity contribution is 0.0947. The Morgan fingerprint density at radius 1 is 1.19 bits per heavy atom. The first-order valence-corrected chi connectivity index (χ1v) is 7.65. The van der Waals surface area contributed by atoms with E-state index in [9.17, 15) is 9.18 Å². The van der Waals surface area contributed by atoms with Gasteiger partial charge in [-0.15, -0.1) is 0 Å². The lowest BCUT2D eigenvalue weighted by Crippen LogP contribution is -2.23. The maximum Gasteiger partial charge on any atom is 0.255 e. The molecule has 0 heterocycles. The molecule has 6 heteroatoms. The molecule has 0 atom stereocenters. The monoisotopic (exact) mass is 415 g/mol. The van der Waals surface area contributed by atoms with Crippen LogP contribution in [0.25, 0.3) is 0 Å². The molecule has 0 unspecified atom stereocenters. The number of halogens is 3. The van der Waals surface area contributed by atoms with Gasteiger partial charge < -0.3 is 10.1 Å². The van der Waals surface area contributed by atoms with Gasteiger partial charge in [-0.2, -0.15) is 0 Å². The third-order valence-electron chi connectivity index (χ3n) is 2.86. The van der Waals surface area contributed by atoms with Crippen LogP contribution in [0.4, 0.5) is 4.39 Å². The van der Waals surface area contributed by atoms with E-state index in [4.69, 9.17) is 4.74 Å². The number of hydrogen-bond acceptors (Lipinski definition) is 2. The summed E-state index contributed by atoms with van der Waals surface area (Å²) in [7, 11) is 1.49. The third-order valence-corrected chi connectivity index (χ3v) is 3.84. The molecule has 2 aromatic rings. The summed E-state index contributed by atoms with van der Waals surface area (Å²) >= 11 is 6.59. The summed E-state index contributed by atoms with van der Waals surface area (Å²) in [6.45, 7) is 0.101. The first-order chi connectivity index (χ1) is 10.0. The number of carbonyl (C=O) groups excluding carboxylic acids is 1. The van der Waals surface area contributed by atoms with Gasteiger partial charge in [0.2, 0.25) is 0 Å². The predicted molar refractivity (Wildman–Crippen MR) is 86.0 cm³/mol. The number of benzene rings is 2. The Balaban J connectivity index is 2.13. The zero-order valence-corrected chi connectivity index (χ0v) is 14.3. The molecule has 0 aliphatic carbocycles. The second kappa shape index (κ2) is 7.04. The van der Waals surface area contributed by atoms with Crippen LogP contribution in [0.2, 0.25) is 0 Å². The van der Waals surface area contributed by atoms with Crippen molar-refractivity contribution in [3.05, 3.63) is 62.3 Å². The minimum Gasteiger partial charge on any atom is -0.496 e. The Morgan fingerprint density at radius 3 is 2.57 bits per heavy atom. The van der Waals surface area contributed by atoms with E-state index in [-0.39, 0.29) is 18.3 Å². The van der Waals surface area contributed by atoms with Crippen LogP contribution >= 0.6 is 31.9 Å². The molecule has 1 N–H and O–H groups in total. The maximum absolute atomic E-state index is 13.6. The fourth-order valence-electron chi connectivity index (χ4n) is 1.80. The fourth-order valence-corrected chi connectivity index (χ4v) is 2.55. The van der Waals surface area contributed by atoms with Crippen molar-refractivity contribution in [2.75, 3.05) is 7.11 Å². The molecule has 0 bridgehead atoms. The molecule has 0 fully saturated rings. The zero-order chi connectivity index (χ0) is 15.4. The molecule has 0 aliphatic heterocycles. The van der Waals surface area contributed by atoms with Crippen LogP contribution in [-0.2, 0) is 6.54 Å². The molecular formula is C15H12Br2FNO2. The Kier molecular flexibility index (Phi) is 5.36. The Bertz CT molecular complexity index is 677. The summed E-state index contributed by atoms with van der Waals surface area (Å²) in [6.07, 6.45) is 0. The second-order valence-corrected chi connectivity index (χ2v) is 6.09. The van der Waals surface area contributed by atoms with Crippen LogP contribution in [0.3, 0.4) is 0 Å². The zero-order valence-electron chi connectivity index (χ0n) is 11.1. The molecule has 0 aliphatic rings. The highest BCUT2D eigenvalue weighted by Crippen LogP contribution is 2.23. The van der Waals surface area contributed by atoms with E-state index < -0.39 is 0 Å². The Morgan fingerprint density at radius 2 is 1.86 bits per heavy atom. The maximum atomic E-state index is 13.6. The molecular weight excluding hydrogens is 405 g/mol. The molecule has 110 valence electrons. The number of nitrogens with one attached hydrogen (secondary N) is 1. The Labute approximate surface area is 138 Å². The van der Waals surface area contributed by atoms with E-state index in [2.05, 4.69) is 37.2 Å². The van der Waals surface area contributed by atoms with Crippen LogP contribution in [0.15, 0.2) is 45.3 Å². The molecule has 21 heavy (non-hydrogen) atoms. The topological polar surface area (TPSA) is 38.3 Å². The van der Waals surface area contributed by atoms with Crippen LogP contribution in [0.5, 0.6) is 5.75 Å². The minimum atomic E-state index is -0.360. The van der Waals surface area contributed by atoms with E-state index in [1.165, 1.54) is 13.2 Å². The van der Waals surface area contributed by atoms with Crippen molar-refractivity contribution in [2.24, 2.45) is 0 Å². The van der Waals surface area contributed by atoms with Crippen LogP contribution in [0, 0.1) is 5.82 Å². The average molecular weight is 417 g/mol. The standard InChI is InChI=1S/C15H12Br2FNO2/c1-21-14-7-11(17)2-4-12(14)15(20)19-8-9-6-10(16)3-5-13(9)18/h2-7H,8H2,1H3,(H,19,20). The summed E-state index contributed by atoms with van der Waals surface area (Å²) in [6, 6.07) is 9.69. The number of amides is 1. The van der Waals surface area contributed by atoms with Gasteiger partial charge in [0.05, 0.1) is 12.7 Å². The summed E-state index contributed by atoms with van der Waals surface area (Å²) in [5, 5.41) is 2.68. The lowest BCUT2D eigenvalue weighted by atomic mass is 10.1. The van der Waals surface area contributed by atoms with Gasteiger partial charge in [0.15, 0.2) is 0 Å². The molecule has 0 saturated carbocycles. The fraction of sp³-hybridized carbons (Fsp3) is 0.133. The number of rotatable bonds is 4. The first kappa shape index (κ1) is 16.0. The molecule has 1 amide bonds. The van der Waals surface area contributed by atoms with Crippen molar-refractivity contribution >= 4 is 37.8 Å². The van der Waals surface area contributed by atoms with Crippen molar-refractivity contribution < 1.29 is 13.9 Å². The van der Waals surface area contributed by atoms with Gasteiger partial charge >= 0.3 is 0 Å². The first-order valence-electron chi connectivity index (χ1n) is 6.07. The minimum absolute atomic E-state index is 0.101. The van der Waals surface area contributed by atoms with Crippen molar-refractivity contribution in [3.63, 3.8) is 0 Å². The van der Waals surface area contributed by atoms with E-state index in [1.807, 2.05) is 0 Å². The molecule has 3 nitrogen and oxygen atoms in total. The average Bonchev–Trinajstić information content (AvgIpc) is 2.47. The van der Waals surface area contributed by atoms with E-state index in [1.54, 1.807) is 30.3 Å². The largest absolute Gasteiger partial charge is 0.496 e. The summed E-state index contributed by atoms with van der Waals surface area (Å²) in [5.74, 6) is -0.225. The number of hydrogen-bond donors (Lipinski definition) is 1. The van der Waals surface area contributed by atoms with E-state index >= 15 is 0 Å². The van der Waals surface area contributed by atoms with Crippen LogP contribution < -0.4 is 10.1 Å². The summed E-state index contributed by atoms with van der Waals surface area (Å²) in [4.78, 5) is 12.2. The Hall–Kier alpha value is -1.40. The van der Waals surface area contributed by atoms with Gasteiger partial charge in [-0.25, -0.2) is 4.39 Å². The summed E-state index contributed by atoms with van der Waals surface area (Å²) < 4.78 is 20.4. The van der Waals surface area contributed by atoms with Gasteiger partial charge in [-0.3, -0.25) is 4.79 Å². The second-order valence-electron chi connectivity index (χ2n) is 4.26. The molecule has 0 aromatic heterocycles. The van der Waals surface area contributed by atoms with Gasteiger partial charge in [0, 0.05) is 21.1 Å². The van der Waals surface area contributed by atoms with E-state index in [0.29, 0.717) is 16.9 Å². The predicted octanol–water partition coefficient (Wildman–Crippen LogP) is 4.29. The van der Waals surface area contributed by atoms with Crippen molar-refractivity contribution in [1.82, 2.24) is 5.32 Å². The highest BCUT2D eigenvalue weighted by Gasteiger charge is 2.13. The third kappa shape index (κ3) is 4.04. The lowest BCUT2D eigenvalue weighted by Gasteiger charge is -2.10. The van der Waals surface area contributed by atoms with Crippen molar-refractivity contribution in [1.29, 1.82) is 0 Å². The van der Waals surface area contributed by atoms with Gasteiger partial charge in [-0.1, -0.05) is 31.9 Å². The van der Waals surface area contributed by atoms with E-state index in [0.717, 1.165) is 8.95 Å². The molecule has 0 spiro atoms. The van der Waals surface area contributed by atoms with Crippen molar-refractivity contribution in [2.45, 2.75) is 6.54 Å². The normalized spacial score (nSPS) is 10.3.